The fourth-order valence-electron chi connectivity index (χ4n) is 2.02. The number of carbonyl (C=O) groups excluding carboxylic acids is 2. The Labute approximate surface area is 115 Å². The van der Waals surface area contributed by atoms with Crippen molar-refractivity contribution in [3.05, 3.63) is 12.2 Å². The molecule has 108 valence electrons. The topological polar surface area (TPSA) is 49.9 Å². The zero-order valence-corrected chi connectivity index (χ0v) is 12.5. The molecule has 0 bridgehead atoms. The Morgan fingerprint density at radius 1 is 1.26 bits per heavy atom. The van der Waals surface area contributed by atoms with Crippen LogP contribution in [0.3, 0.4) is 0 Å². The number of piperazine rings is 1. The molecular weight excluding hydrogens is 244 g/mol. The van der Waals surface area contributed by atoms with Gasteiger partial charge < -0.3 is 14.5 Å². The van der Waals surface area contributed by atoms with E-state index in [-0.39, 0.29) is 18.0 Å². The Bertz CT molecular complexity index is 371. The molecule has 0 aromatic heterocycles. The van der Waals surface area contributed by atoms with Crippen LogP contribution in [0, 0.1) is 0 Å². The van der Waals surface area contributed by atoms with E-state index < -0.39 is 5.60 Å². The fourth-order valence-corrected chi connectivity index (χ4v) is 2.02. The average molecular weight is 268 g/mol. The smallest absolute Gasteiger partial charge is 0.410 e. The van der Waals surface area contributed by atoms with E-state index in [1.165, 1.54) is 0 Å². The van der Waals surface area contributed by atoms with Crippen molar-refractivity contribution in [1.29, 1.82) is 0 Å². The number of allylic oxidation sites excluding steroid dienone is 1. The summed E-state index contributed by atoms with van der Waals surface area (Å²) in [6.07, 6.45) is 2.98. The van der Waals surface area contributed by atoms with Gasteiger partial charge in [0.25, 0.3) is 0 Å². The van der Waals surface area contributed by atoms with Crippen molar-refractivity contribution in [2.24, 2.45) is 0 Å². The van der Waals surface area contributed by atoms with E-state index in [2.05, 4.69) is 0 Å². The minimum atomic E-state index is -0.488. The van der Waals surface area contributed by atoms with Crippen LogP contribution >= 0.6 is 0 Å². The van der Waals surface area contributed by atoms with E-state index in [0.717, 1.165) is 0 Å². The molecule has 0 radical (unpaired) electrons. The lowest BCUT2D eigenvalue weighted by atomic mass is 10.2. The number of ether oxygens (including phenoxy) is 1. The lowest BCUT2D eigenvalue weighted by Gasteiger charge is -2.39. The maximum absolute atomic E-state index is 11.9. The summed E-state index contributed by atoms with van der Waals surface area (Å²) in [7, 11) is 0. The summed E-state index contributed by atoms with van der Waals surface area (Å²) in [5.74, 6) is -0.00108. The zero-order valence-electron chi connectivity index (χ0n) is 12.5. The first-order valence-electron chi connectivity index (χ1n) is 6.66. The molecule has 5 heteroatoms. The molecule has 0 aromatic carbocycles. The second-order valence-electron chi connectivity index (χ2n) is 5.81. The van der Waals surface area contributed by atoms with Gasteiger partial charge in [-0.1, -0.05) is 6.08 Å². The van der Waals surface area contributed by atoms with Crippen molar-refractivity contribution in [3.8, 4) is 0 Å². The number of nitrogens with zero attached hydrogens (tertiary/aromatic N) is 2. The summed E-state index contributed by atoms with van der Waals surface area (Å²) in [6, 6.07) is 0.00460. The van der Waals surface area contributed by atoms with E-state index in [1.807, 2.05) is 34.6 Å². The van der Waals surface area contributed by atoms with Crippen LogP contribution in [-0.2, 0) is 9.53 Å². The first-order chi connectivity index (χ1) is 8.74. The molecule has 5 nitrogen and oxygen atoms in total. The molecule has 19 heavy (non-hydrogen) atoms. The Hall–Kier alpha value is -1.52. The number of amides is 2. The monoisotopic (exact) mass is 268 g/mol. The third-order valence-electron chi connectivity index (χ3n) is 2.87. The van der Waals surface area contributed by atoms with Gasteiger partial charge >= 0.3 is 6.09 Å². The SMILES string of the molecule is C/C=C/C(=O)N1CCN(C(=O)OC(C)(C)C)CC1C. The van der Waals surface area contributed by atoms with Gasteiger partial charge in [0.15, 0.2) is 0 Å². The standard InChI is InChI=1S/C14H24N2O3/c1-6-7-12(17)16-9-8-15(10-11(16)2)13(18)19-14(3,4)5/h6-7,11H,8-10H2,1-5H3/b7-6+. The average Bonchev–Trinajstić information content (AvgIpc) is 2.26. The molecule has 0 aliphatic carbocycles. The maximum atomic E-state index is 11.9. The van der Waals surface area contributed by atoms with Crippen LogP contribution in [0.25, 0.3) is 0 Å². The molecule has 0 spiro atoms. The Kier molecular flexibility index (Phi) is 4.97. The molecule has 0 aromatic rings. The van der Waals surface area contributed by atoms with Crippen LogP contribution in [0.1, 0.15) is 34.6 Å². The normalized spacial score (nSPS) is 20.8. The molecule has 0 N–H and O–H groups in total. The molecule has 1 heterocycles. The zero-order chi connectivity index (χ0) is 14.6. The quantitative estimate of drug-likeness (QED) is 0.684. The van der Waals surface area contributed by atoms with Crippen molar-refractivity contribution in [2.45, 2.75) is 46.3 Å². The van der Waals surface area contributed by atoms with Gasteiger partial charge in [0.05, 0.1) is 0 Å². The van der Waals surface area contributed by atoms with Crippen LogP contribution in [0.4, 0.5) is 4.79 Å². The van der Waals surface area contributed by atoms with Gasteiger partial charge in [-0.2, -0.15) is 0 Å². The summed E-state index contributed by atoms with van der Waals surface area (Å²) in [4.78, 5) is 27.2. The third-order valence-corrected chi connectivity index (χ3v) is 2.87. The molecule has 0 saturated carbocycles. The summed E-state index contributed by atoms with van der Waals surface area (Å²) in [5, 5.41) is 0. The highest BCUT2D eigenvalue weighted by Gasteiger charge is 2.31. The Morgan fingerprint density at radius 3 is 2.37 bits per heavy atom. The predicted octanol–water partition coefficient (Wildman–Crippen LogP) is 2.03. The molecule has 2 amide bonds. The van der Waals surface area contributed by atoms with Gasteiger partial charge in [-0.25, -0.2) is 4.79 Å². The van der Waals surface area contributed by atoms with Crippen LogP contribution < -0.4 is 0 Å². The van der Waals surface area contributed by atoms with Gasteiger partial charge in [0.2, 0.25) is 5.91 Å². The second kappa shape index (κ2) is 6.08. The van der Waals surface area contributed by atoms with Gasteiger partial charge in [-0.3, -0.25) is 4.79 Å². The largest absolute Gasteiger partial charge is 0.444 e. The third kappa shape index (κ3) is 4.58. The molecular formula is C14H24N2O3. The lowest BCUT2D eigenvalue weighted by molar-refractivity contribution is -0.130. The highest BCUT2D eigenvalue weighted by atomic mass is 16.6. The highest BCUT2D eigenvalue weighted by molar-refractivity contribution is 5.88. The van der Waals surface area contributed by atoms with Crippen molar-refractivity contribution in [1.82, 2.24) is 9.80 Å². The summed E-state index contributed by atoms with van der Waals surface area (Å²) >= 11 is 0. The van der Waals surface area contributed by atoms with Crippen LogP contribution in [-0.4, -0.2) is 53.1 Å². The predicted molar refractivity (Wildman–Crippen MR) is 73.8 cm³/mol. The van der Waals surface area contributed by atoms with E-state index in [4.69, 9.17) is 4.74 Å². The van der Waals surface area contributed by atoms with E-state index in [0.29, 0.717) is 19.6 Å². The van der Waals surface area contributed by atoms with Crippen LogP contribution in [0.15, 0.2) is 12.2 Å². The van der Waals surface area contributed by atoms with Gasteiger partial charge in [0.1, 0.15) is 5.60 Å². The minimum absolute atomic E-state index is 0.00108. The number of hydrogen-bond donors (Lipinski definition) is 0. The van der Waals surface area contributed by atoms with Crippen molar-refractivity contribution < 1.29 is 14.3 Å². The van der Waals surface area contributed by atoms with Gasteiger partial charge in [0, 0.05) is 25.7 Å². The Balaban J connectivity index is 2.58. The summed E-state index contributed by atoms with van der Waals surface area (Å²) < 4.78 is 5.34. The number of carbonyl (C=O) groups is 2. The first-order valence-corrected chi connectivity index (χ1v) is 6.66. The molecule has 1 aliphatic heterocycles. The second-order valence-corrected chi connectivity index (χ2v) is 5.81. The first kappa shape index (κ1) is 15.5. The summed E-state index contributed by atoms with van der Waals surface area (Å²) in [6.45, 7) is 10.9. The molecule has 1 atom stereocenters. The molecule has 1 unspecified atom stereocenters. The van der Waals surface area contributed by atoms with E-state index >= 15 is 0 Å². The van der Waals surface area contributed by atoms with Gasteiger partial charge in [-0.05, 0) is 40.7 Å². The van der Waals surface area contributed by atoms with Crippen LogP contribution in [0.2, 0.25) is 0 Å². The molecule has 1 fully saturated rings. The van der Waals surface area contributed by atoms with Crippen LogP contribution in [0.5, 0.6) is 0 Å². The lowest BCUT2D eigenvalue weighted by Crippen LogP contribution is -2.55. The molecule has 1 aliphatic rings. The minimum Gasteiger partial charge on any atom is -0.444 e. The highest BCUT2D eigenvalue weighted by Crippen LogP contribution is 2.15. The van der Waals surface area contributed by atoms with Crippen molar-refractivity contribution in [3.63, 3.8) is 0 Å². The Morgan fingerprint density at radius 2 is 1.89 bits per heavy atom. The summed E-state index contributed by atoms with van der Waals surface area (Å²) in [5.41, 5.74) is -0.488. The maximum Gasteiger partial charge on any atom is 0.410 e. The van der Waals surface area contributed by atoms with E-state index in [1.54, 1.807) is 22.0 Å². The fraction of sp³-hybridized carbons (Fsp3) is 0.714. The van der Waals surface area contributed by atoms with Crippen molar-refractivity contribution in [2.75, 3.05) is 19.6 Å². The molecule has 1 saturated heterocycles. The number of hydrogen-bond acceptors (Lipinski definition) is 3. The number of rotatable bonds is 1. The molecule has 1 rings (SSSR count). The van der Waals surface area contributed by atoms with E-state index in [9.17, 15) is 9.59 Å². The van der Waals surface area contributed by atoms with Crippen molar-refractivity contribution >= 4 is 12.0 Å². The van der Waals surface area contributed by atoms with Gasteiger partial charge in [-0.15, -0.1) is 0 Å².